The Morgan fingerprint density at radius 2 is 1.64 bits per heavy atom. The number of alkyl halides is 3. The molecule has 0 heterocycles. The third kappa shape index (κ3) is 1.89. The van der Waals surface area contributed by atoms with Crippen LogP contribution in [0.25, 0.3) is 0 Å². The Kier molecular flexibility index (Phi) is 2.58. The van der Waals surface area contributed by atoms with E-state index in [2.05, 4.69) is 0 Å². The van der Waals surface area contributed by atoms with Gasteiger partial charge in [0.25, 0.3) is 0 Å². The highest BCUT2D eigenvalue weighted by Gasteiger charge is 2.42. The molecule has 0 spiro atoms. The van der Waals surface area contributed by atoms with Gasteiger partial charge in [-0.3, -0.25) is 0 Å². The van der Waals surface area contributed by atoms with Gasteiger partial charge in [0.2, 0.25) is 0 Å². The summed E-state index contributed by atoms with van der Waals surface area (Å²) in [6.07, 6.45) is 0. The molecule has 0 bridgehead atoms. The summed E-state index contributed by atoms with van der Waals surface area (Å²) in [5.41, 5.74) is -4.26. The Labute approximate surface area is 79.7 Å². The first kappa shape index (κ1) is 11.0. The van der Waals surface area contributed by atoms with E-state index >= 15 is 0 Å². The summed E-state index contributed by atoms with van der Waals surface area (Å²) in [5.74, 6) is 0. The molecule has 2 nitrogen and oxygen atoms in total. The zero-order valence-electron chi connectivity index (χ0n) is 7.26. The van der Waals surface area contributed by atoms with Gasteiger partial charge in [-0.2, -0.15) is 13.2 Å². The number of hydrogen-bond acceptors (Lipinski definition) is 2. The van der Waals surface area contributed by atoms with E-state index in [4.69, 9.17) is 4.78 Å². The second-order valence-electron chi connectivity index (χ2n) is 2.81. The molecule has 0 radical (unpaired) electrons. The maximum Gasteiger partial charge on any atom is 0.483 e. The Hall–Kier alpha value is -1.04. The predicted octanol–water partition coefficient (Wildman–Crippen LogP) is 2.92. The van der Waals surface area contributed by atoms with Gasteiger partial charge < -0.3 is 0 Å². The van der Waals surface area contributed by atoms with Gasteiger partial charge in [-0.05, 0) is 19.1 Å². The molecule has 78 valence electrons. The van der Waals surface area contributed by atoms with Gasteiger partial charge in [-0.15, -0.1) is 0 Å². The van der Waals surface area contributed by atoms with Crippen molar-refractivity contribution in [3.8, 4) is 0 Å². The van der Waals surface area contributed by atoms with Crippen molar-refractivity contribution in [2.45, 2.75) is 17.3 Å². The van der Waals surface area contributed by atoms with Crippen LogP contribution in [0, 0.1) is 11.7 Å². The molecule has 0 saturated heterocycles. The fourth-order valence-electron chi connectivity index (χ4n) is 0.864. The van der Waals surface area contributed by atoms with Crippen molar-refractivity contribution in [2.75, 3.05) is 0 Å². The molecule has 0 amide bonds. The van der Waals surface area contributed by atoms with Crippen molar-refractivity contribution in [3.63, 3.8) is 0 Å². The van der Waals surface area contributed by atoms with Gasteiger partial charge in [-0.25, -0.2) is 8.99 Å². The molecule has 0 saturated carbocycles. The molecule has 6 heteroatoms. The van der Waals surface area contributed by atoms with Gasteiger partial charge >= 0.3 is 5.51 Å². The van der Waals surface area contributed by atoms with Crippen LogP contribution in [0.15, 0.2) is 29.2 Å². The minimum absolute atomic E-state index is 0.504. The summed E-state index contributed by atoms with van der Waals surface area (Å²) >= 11 is 0. The minimum atomic E-state index is -5.01. The first-order valence-corrected chi connectivity index (χ1v) is 5.23. The number of nitrogens with one attached hydrogen (secondary N) is 1. The highest BCUT2D eigenvalue weighted by Crippen LogP contribution is 2.30. The number of aryl methyl sites for hydroxylation is 1. The van der Waals surface area contributed by atoms with Crippen LogP contribution < -0.4 is 0 Å². The van der Waals surface area contributed by atoms with E-state index in [0.29, 0.717) is 0 Å². The summed E-state index contributed by atoms with van der Waals surface area (Å²) in [7, 11) is -4.69. The van der Waals surface area contributed by atoms with Crippen molar-refractivity contribution >= 4 is 9.73 Å². The normalized spacial score (nSPS) is 16.3. The van der Waals surface area contributed by atoms with E-state index < -0.39 is 20.1 Å². The largest absolute Gasteiger partial charge is 0.483 e. The smallest absolute Gasteiger partial charge is 0.241 e. The topological polar surface area (TPSA) is 40.9 Å². The Morgan fingerprint density at radius 1 is 1.21 bits per heavy atom. The van der Waals surface area contributed by atoms with Crippen LogP contribution in [0.5, 0.6) is 0 Å². The highest BCUT2D eigenvalue weighted by atomic mass is 32.2. The van der Waals surface area contributed by atoms with E-state index in [1.807, 2.05) is 0 Å². The van der Waals surface area contributed by atoms with Crippen LogP contribution in [-0.2, 0) is 9.73 Å². The lowest BCUT2D eigenvalue weighted by Crippen LogP contribution is -2.21. The average molecular weight is 223 g/mol. The van der Waals surface area contributed by atoms with Gasteiger partial charge in [0.1, 0.15) is 0 Å². The van der Waals surface area contributed by atoms with E-state index in [0.717, 1.165) is 17.7 Å². The zero-order valence-corrected chi connectivity index (χ0v) is 8.08. The first-order valence-electron chi connectivity index (χ1n) is 3.67. The monoisotopic (exact) mass is 223 g/mol. The molecule has 0 fully saturated rings. The molecule has 0 aliphatic heterocycles. The highest BCUT2D eigenvalue weighted by molar-refractivity contribution is 7.93. The zero-order chi connectivity index (χ0) is 11.0. The van der Waals surface area contributed by atoms with Crippen molar-refractivity contribution in [1.29, 1.82) is 4.78 Å². The molecule has 1 rings (SSSR count). The second kappa shape index (κ2) is 3.27. The van der Waals surface area contributed by atoms with Crippen molar-refractivity contribution in [1.82, 2.24) is 0 Å². The SMILES string of the molecule is Cc1ccc(S(=N)(=O)C(F)(F)F)cc1. The Bertz CT molecular complexity index is 419. The molecule has 14 heavy (non-hydrogen) atoms. The van der Waals surface area contributed by atoms with Crippen LogP contribution in [0.1, 0.15) is 5.56 Å². The van der Waals surface area contributed by atoms with Gasteiger partial charge in [0, 0.05) is 0 Å². The van der Waals surface area contributed by atoms with E-state index in [-0.39, 0.29) is 0 Å². The maximum atomic E-state index is 12.2. The fraction of sp³-hybridized carbons (Fsp3) is 0.250. The van der Waals surface area contributed by atoms with E-state index in [1.54, 1.807) is 6.92 Å². The summed E-state index contributed by atoms with van der Waals surface area (Å²) in [6.45, 7) is 1.70. The fourth-order valence-corrected chi connectivity index (χ4v) is 1.65. The summed E-state index contributed by atoms with van der Waals surface area (Å²) in [4.78, 5) is -0.504. The molecule has 0 aliphatic carbocycles. The number of hydrogen-bond donors (Lipinski definition) is 1. The lowest BCUT2D eigenvalue weighted by molar-refractivity contribution is -0.0406. The molecular weight excluding hydrogens is 215 g/mol. The lowest BCUT2D eigenvalue weighted by atomic mass is 10.2. The lowest BCUT2D eigenvalue weighted by Gasteiger charge is -2.10. The number of halogens is 3. The Balaban J connectivity index is 3.25. The molecular formula is C8H8F3NOS. The maximum absolute atomic E-state index is 12.2. The molecule has 0 aliphatic rings. The first-order chi connectivity index (χ1) is 6.25. The van der Waals surface area contributed by atoms with Crippen LogP contribution in [0.4, 0.5) is 13.2 Å². The standard InChI is InChI=1S/C8H8F3NOS/c1-6-2-4-7(5-3-6)14(12,13)8(9,10)11/h2-5,12H,1H3. The third-order valence-electron chi connectivity index (χ3n) is 1.68. The van der Waals surface area contributed by atoms with Gasteiger partial charge in [-0.1, -0.05) is 17.7 Å². The van der Waals surface area contributed by atoms with E-state index in [1.165, 1.54) is 12.1 Å². The molecule has 0 aromatic heterocycles. The number of rotatable bonds is 1. The Morgan fingerprint density at radius 3 is 2.00 bits per heavy atom. The molecule has 1 N–H and O–H groups in total. The minimum Gasteiger partial charge on any atom is -0.241 e. The van der Waals surface area contributed by atoms with Crippen molar-refractivity contribution in [2.24, 2.45) is 0 Å². The van der Waals surface area contributed by atoms with Crippen LogP contribution in [-0.4, -0.2) is 9.72 Å². The molecule has 1 aromatic rings. The second-order valence-corrected chi connectivity index (χ2v) is 4.86. The van der Waals surface area contributed by atoms with Gasteiger partial charge in [0.05, 0.1) is 4.90 Å². The summed E-state index contributed by atoms with van der Waals surface area (Å²) in [5, 5.41) is 0. The summed E-state index contributed by atoms with van der Waals surface area (Å²) < 4.78 is 54.3. The molecule has 1 atom stereocenters. The van der Waals surface area contributed by atoms with Crippen molar-refractivity contribution < 1.29 is 17.4 Å². The molecule has 1 unspecified atom stereocenters. The molecule has 1 aromatic carbocycles. The summed E-state index contributed by atoms with van der Waals surface area (Å²) in [6, 6.07) is 4.93. The quantitative estimate of drug-likeness (QED) is 0.781. The van der Waals surface area contributed by atoms with Crippen LogP contribution >= 0.6 is 0 Å². The van der Waals surface area contributed by atoms with E-state index in [9.17, 15) is 17.4 Å². The third-order valence-corrected chi connectivity index (χ3v) is 3.27. The van der Waals surface area contributed by atoms with Gasteiger partial charge in [0.15, 0.2) is 9.73 Å². The average Bonchev–Trinajstić information content (AvgIpc) is 2.03. The number of benzene rings is 1. The van der Waals surface area contributed by atoms with Crippen molar-refractivity contribution in [3.05, 3.63) is 29.8 Å². The van der Waals surface area contributed by atoms with Crippen LogP contribution in [0.3, 0.4) is 0 Å². The predicted molar refractivity (Wildman–Crippen MR) is 46.4 cm³/mol. The van der Waals surface area contributed by atoms with Crippen LogP contribution in [0.2, 0.25) is 0 Å².